The zero-order valence-corrected chi connectivity index (χ0v) is 18.0. The van der Waals surface area contributed by atoms with Gasteiger partial charge in [0.1, 0.15) is 0 Å². The highest BCUT2D eigenvalue weighted by Crippen LogP contribution is 2.32. The Balaban J connectivity index is 1.64. The molecule has 5 nitrogen and oxygen atoms in total. The number of aryl methyl sites for hydroxylation is 1. The molecule has 1 unspecified atom stereocenters. The van der Waals surface area contributed by atoms with Crippen molar-refractivity contribution in [2.45, 2.75) is 43.2 Å². The van der Waals surface area contributed by atoms with Crippen molar-refractivity contribution in [2.24, 2.45) is 0 Å². The van der Waals surface area contributed by atoms with Crippen molar-refractivity contribution >= 4 is 45.5 Å². The molecule has 2 N–H and O–H groups in total. The minimum absolute atomic E-state index is 0.0334. The Morgan fingerprint density at radius 2 is 1.79 bits per heavy atom. The lowest BCUT2D eigenvalue weighted by molar-refractivity contribution is -0.115. The van der Waals surface area contributed by atoms with Crippen LogP contribution in [0.1, 0.15) is 37.8 Å². The van der Waals surface area contributed by atoms with Gasteiger partial charge in [-0.2, -0.15) is 0 Å². The molecule has 0 aliphatic rings. The molecule has 2 aromatic carbocycles. The van der Waals surface area contributed by atoms with Crippen molar-refractivity contribution in [3.8, 4) is 0 Å². The molecule has 0 saturated heterocycles. The number of amides is 1. The average Bonchev–Trinajstić information content (AvgIpc) is 3.10. The fourth-order valence-electron chi connectivity index (χ4n) is 2.72. The molecule has 3 aromatic rings. The van der Waals surface area contributed by atoms with Gasteiger partial charge in [0.05, 0.1) is 5.25 Å². The summed E-state index contributed by atoms with van der Waals surface area (Å²) >= 11 is 2.86. The molecule has 146 valence electrons. The lowest BCUT2D eigenvalue weighted by Gasteiger charge is -2.18. The number of nitrogens with zero attached hydrogens (tertiary/aromatic N) is 2. The number of nitrogens with one attached hydrogen (secondary N) is 2. The van der Waals surface area contributed by atoms with E-state index in [2.05, 4.69) is 40.7 Å². The van der Waals surface area contributed by atoms with Crippen LogP contribution in [0.25, 0.3) is 0 Å². The van der Waals surface area contributed by atoms with Crippen LogP contribution in [0.5, 0.6) is 0 Å². The lowest BCUT2D eigenvalue weighted by Crippen LogP contribution is -2.23. The molecule has 0 aliphatic carbocycles. The molecular formula is C21H24N4OS2. The van der Waals surface area contributed by atoms with Crippen LogP contribution in [0.3, 0.4) is 0 Å². The predicted molar refractivity (Wildman–Crippen MR) is 119 cm³/mol. The van der Waals surface area contributed by atoms with Gasteiger partial charge in [-0.25, -0.2) is 0 Å². The van der Waals surface area contributed by atoms with Crippen LogP contribution in [-0.4, -0.2) is 21.4 Å². The summed E-state index contributed by atoms with van der Waals surface area (Å²) in [5.74, 6) is 0.307. The Kier molecular flexibility index (Phi) is 6.70. The second kappa shape index (κ2) is 9.21. The van der Waals surface area contributed by atoms with Gasteiger partial charge in [0.2, 0.25) is 11.0 Å². The monoisotopic (exact) mass is 412 g/mol. The first kappa shape index (κ1) is 20.4. The van der Waals surface area contributed by atoms with Crippen molar-refractivity contribution in [1.29, 1.82) is 0 Å². The summed E-state index contributed by atoms with van der Waals surface area (Å²) in [7, 11) is 0. The van der Waals surface area contributed by atoms with Crippen LogP contribution >= 0.6 is 23.1 Å². The number of hydrogen-bond donors (Lipinski definition) is 2. The lowest BCUT2D eigenvalue weighted by atomic mass is 9.98. The van der Waals surface area contributed by atoms with E-state index in [4.69, 9.17) is 0 Å². The standard InChI is InChI=1S/C21H24N4OS2/c1-13(2)17-12-8-9-14(3)18(17)23-19(26)15(4)27-21-25-24-20(28-21)22-16-10-6-5-7-11-16/h5-13,15H,1-4H3,(H,22,24)(H,23,26). The minimum Gasteiger partial charge on any atom is -0.330 e. The third-order valence-corrected chi connectivity index (χ3v) is 6.28. The molecule has 1 amide bonds. The number of thioether (sulfide) groups is 1. The number of carbonyl (C=O) groups is 1. The molecule has 1 atom stereocenters. The predicted octanol–water partition coefficient (Wildman–Crippen LogP) is 5.83. The van der Waals surface area contributed by atoms with E-state index in [9.17, 15) is 4.79 Å². The van der Waals surface area contributed by atoms with Gasteiger partial charge in [0.15, 0.2) is 4.34 Å². The van der Waals surface area contributed by atoms with Gasteiger partial charge < -0.3 is 10.6 Å². The zero-order valence-electron chi connectivity index (χ0n) is 16.4. The van der Waals surface area contributed by atoms with E-state index in [1.54, 1.807) is 0 Å². The van der Waals surface area contributed by atoms with Crippen LogP contribution in [0.4, 0.5) is 16.5 Å². The van der Waals surface area contributed by atoms with Crippen LogP contribution in [0, 0.1) is 6.92 Å². The van der Waals surface area contributed by atoms with Crippen molar-refractivity contribution in [3.63, 3.8) is 0 Å². The van der Waals surface area contributed by atoms with Crippen molar-refractivity contribution in [2.75, 3.05) is 10.6 Å². The molecule has 3 rings (SSSR count). The maximum atomic E-state index is 12.8. The zero-order chi connectivity index (χ0) is 20.1. The average molecular weight is 413 g/mol. The van der Waals surface area contributed by atoms with Gasteiger partial charge >= 0.3 is 0 Å². The summed E-state index contributed by atoms with van der Waals surface area (Å²) in [4.78, 5) is 12.8. The summed E-state index contributed by atoms with van der Waals surface area (Å²) in [5, 5.41) is 15.1. The van der Waals surface area contributed by atoms with Gasteiger partial charge in [-0.3, -0.25) is 4.79 Å². The summed E-state index contributed by atoms with van der Waals surface area (Å²) in [6, 6.07) is 15.9. The maximum Gasteiger partial charge on any atom is 0.237 e. The maximum absolute atomic E-state index is 12.8. The van der Waals surface area contributed by atoms with E-state index in [0.29, 0.717) is 11.0 Å². The topological polar surface area (TPSA) is 66.9 Å². The van der Waals surface area contributed by atoms with Crippen LogP contribution in [0.15, 0.2) is 52.9 Å². The SMILES string of the molecule is Cc1cccc(C(C)C)c1NC(=O)C(C)Sc1nnc(Nc2ccccc2)s1. The summed E-state index contributed by atoms with van der Waals surface area (Å²) in [6.07, 6.45) is 0. The van der Waals surface area contributed by atoms with Gasteiger partial charge in [0.25, 0.3) is 0 Å². The molecule has 1 aromatic heterocycles. The largest absolute Gasteiger partial charge is 0.330 e. The molecule has 0 aliphatic heterocycles. The highest BCUT2D eigenvalue weighted by Gasteiger charge is 2.20. The van der Waals surface area contributed by atoms with Crippen molar-refractivity contribution in [1.82, 2.24) is 10.2 Å². The van der Waals surface area contributed by atoms with Crippen molar-refractivity contribution in [3.05, 3.63) is 59.7 Å². The van der Waals surface area contributed by atoms with Gasteiger partial charge in [0, 0.05) is 11.4 Å². The number of anilines is 3. The van der Waals surface area contributed by atoms with Crippen LogP contribution in [0.2, 0.25) is 0 Å². The highest BCUT2D eigenvalue weighted by molar-refractivity contribution is 8.02. The van der Waals surface area contributed by atoms with Crippen LogP contribution in [-0.2, 0) is 4.79 Å². The number of hydrogen-bond acceptors (Lipinski definition) is 6. The second-order valence-electron chi connectivity index (χ2n) is 6.81. The smallest absolute Gasteiger partial charge is 0.237 e. The number of carbonyl (C=O) groups excluding carboxylic acids is 1. The quantitative estimate of drug-likeness (QED) is 0.478. The van der Waals surface area contributed by atoms with Gasteiger partial charge in [-0.1, -0.05) is 73.3 Å². The van der Waals surface area contributed by atoms with E-state index < -0.39 is 0 Å². The van der Waals surface area contributed by atoms with E-state index in [1.165, 1.54) is 23.1 Å². The molecule has 0 fully saturated rings. The Hall–Kier alpha value is -2.38. The van der Waals surface area contributed by atoms with Gasteiger partial charge in [-0.05, 0) is 43.0 Å². The first-order chi connectivity index (χ1) is 13.4. The number of aromatic nitrogens is 2. The summed E-state index contributed by atoms with van der Waals surface area (Å²) in [5.41, 5.74) is 4.10. The molecule has 0 bridgehead atoms. The summed E-state index contributed by atoms with van der Waals surface area (Å²) in [6.45, 7) is 8.17. The molecule has 1 heterocycles. The van der Waals surface area contributed by atoms with Crippen LogP contribution < -0.4 is 10.6 Å². The highest BCUT2D eigenvalue weighted by atomic mass is 32.2. The number of benzene rings is 2. The molecule has 7 heteroatoms. The third-order valence-electron chi connectivity index (χ3n) is 4.25. The van der Waals surface area contributed by atoms with E-state index in [0.717, 1.165) is 26.8 Å². The number of para-hydroxylation sites is 2. The first-order valence-corrected chi connectivity index (χ1v) is 10.9. The van der Waals surface area contributed by atoms with Gasteiger partial charge in [-0.15, -0.1) is 10.2 Å². The molecule has 0 saturated carbocycles. The Morgan fingerprint density at radius 1 is 1.04 bits per heavy atom. The second-order valence-corrected chi connectivity index (χ2v) is 9.37. The Labute approximate surface area is 174 Å². The fraction of sp³-hybridized carbons (Fsp3) is 0.286. The third kappa shape index (κ3) is 5.11. The number of rotatable bonds is 7. The molecule has 0 radical (unpaired) electrons. The Morgan fingerprint density at radius 3 is 2.50 bits per heavy atom. The van der Waals surface area contributed by atoms with E-state index in [-0.39, 0.29) is 11.2 Å². The normalized spacial score (nSPS) is 12.0. The fourth-order valence-corrected chi connectivity index (χ4v) is 4.64. The first-order valence-electron chi connectivity index (χ1n) is 9.16. The van der Waals surface area contributed by atoms with E-state index in [1.807, 2.05) is 56.3 Å². The minimum atomic E-state index is -0.280. The van der Waals surface area contributed by atoms with E-state index >= 15 is 0 Å². The summed E-state index contributed by atoms with van der Waals surface area (Å²) < 4.78 is 0.759. The molecule has 28 heavy (non-hydrogen) atoms. The molecular weight excluding hydrogens is 388 g/mol. The van der Waals surface area contributed by atoms with Crippen molar-refractivity contribution < 1.29 is 4.79 Å². The molecule has 0 spiro atoms. The Bertz CT molecular complexity index is 941.